The zero-order chi connectivity index (χ0) is 14.4. The first-order valence-electron chi connectivity index (χ1n) is 7.77. The number of anilines is 1. The molecule has 3 aliphatic heterocycles. The molecule has 2 saturated heterocycles. The predicted molar refractivity (Wildman–Crippen MR) is 82.1 cm³/mol. The van der Waals surface area contributed by atoms with E-state index in [1.165, 1.54) is 5.56 Å². The normalized spacial score (nSPS) is 32.5. The van der Waals surface area contributed by atoms with Crippen molar-refractivity contribution in [3.05, 3.63) is 29.8 Å². The van der Waals surface area contributed by atoms with Crippen LogP contribution in [0.4, 0.5) is 10.5 Å². The first-order chi connectivity index (χ1) is 10.2. The average Bonchev–Trinajstić information content (AvgIpc) is 2.46. The molecule has 0 aliphatic carbocycles. The Morgan fingerprint density at radius 1 is 1.14 bits per heavy atom. The van der Waals surface area contributed by atoms with E-state index in [1.54, 1.807) is 0 Å². The molecule has 2 fully saturated rings. The van der Waals surface area contributed by atoms with Gasteiger partial charge < -0.3 is 20.4 Å². The number of rotatable bonds is 1. The summed E-state index contributed by atoms with van der Waals surface area (Å²) in [5.74, 6) is 1.05. The van der Waals surface area contributed by atoms with Gasteiger partial charge in [0.15, 0.2) is 0 Å². The van der Waals surface area contributed by atoms with Gasteiger partial charge in [0.05, 0.1) is 0 Å². The number of likely N-dealkylation sites (tertiary alicyclic amines) is 1. The van der Waals surface area contributed by atoms with E-state index in [0.717, 1.165) is 38.4 Å². The second-order valence-electron chi connectivity index (χ2n) is 6.61. The van der Waals surface area contributed by atoms with Crippen molar-refractivity contribution >= 4 is 11.7 Å². The molecular weight excluding hydrogens is 264 g/mol. The highest BCUT2D eigenvalue weighted by atomic mass is 16.2. The molecule has 2 atom stereocenters. The van der Waals surface area contributed by atoms with E-state index in [1.807, 2.05) is 18.2 Å². The molecular formula is C16H22N4O. The summed E-state index contributed by atoms with van der Waals surface area (Å²) in [5, 5.41) is 6.59. The molecule has 21 heavy (non-hydrogen) atoms. The molecule has 112 valence electrons. The van der Waals surface area contributed by atoms with Gasteiger partial charge in [-0.2, -0.15) is 0 Å². The minimum atomic E-state index is 0.0696. The number of fused-ring (bicyclic) bond motifs is 3. The average molecular weight is 286 g/mol. The highest BCUT2D eigenvalue weighted by Crippen LogP contribution is 2.33. The molecule has 2 amide bonds. The highest BCUT2D eigenvalue weighted by molar-refractivity contribution is 5.92. The summed E-state index contributed by atoms with van der Waals surface area (Å²) in [5.41, 5.74) is 2.19. The summed E-state index contributed by atoms with van der Waals surface area (Å²) in [4.78, 5) is 17.0. The number of hydrogen-bond acceptors (Lipinski definition) is 3. The van der Waals surface area contributed by atoms with Gasteiger partial charge >= 0.3 is 6.03 Å². The van der Waals surface area contributed by atoms with Gasteiger partial charge in [-0.1, -0.05) is 18.2 Å². The lowest BCUT2D eigenvalue weighted by atomic mass is 9.79. The molecule has 1 aromatic carbocycles. The number of hydrogen-bond donors (Lipinski definition) is 2. The van der Waals surface area contributed by atoms with Gasteiger partial charge in [-0.05, 0) is 18.7 Å². The lowest BCUT2D eigenvalue weighted by Gasteiger charge is -2.51. The number of nitrogens with one attached hydrogen (secondary N) is 2. The molecule has 3 aliphatic rings. The van der Waals surface area contributed by atoms with Crippen molar-refractivity contribution in [2.75, 3.05) is 38.5 Å². The van der Waals surface area contributed by atoms with Crippen molar-refractivity contribution in [3.63, 3.8) is 0 Å². The fourth-order valence-corrected chi connectivity index (χ4v) is 4.27. The zero-order valence-corrected chi connectivity index (χ0v) is 12.4. The molecule has 0 radical (unpaired) electrons. The maximum atomic E-state index is 12.5. The van der Waals surface area contributed by atoms with Crippen molar-refractivity contribution in [1.29, 1.82) is 0 Å². The Balaban J connectivity index is 1.63. The summed E-state index contributed by atoms with van der Waals surface area (Å²) < 4.78 is 0. The molecule has 2 bridgehead atoms. The van der Waals surface area contributed by atoms with Crippen LogP contribution < -0.4 is 10.6 Å². The van der Waals surface area contributed by atoms with E-state index >= 15 is 0 Å². The van der Waals surface area contributed by atoms with Crippen molar-refractivity contribution in [3.8, 4) is 0 Å². The molecule has 0 aromatic heterocycles. The van der Waals surface area contributed by atoms with Crippen molar-refractivity contribution in [2.45, 2.75) is 12.6 Å². The number of para-hydroxylation sites is 1. The van der Waals surface area contributed by atoms with Gasteiger partial charge in [-0.3, -0.25) is 0 Å². The van der Waals surface area contributed by atoms with Crippen LogP contribution >= 0.6 is 0 Å². The van der Waals surface area contributed by atoms with Crippen LogP contribution in [0.2, 0.25) is 0 Å². The fraction of sp³-hybridized carbons (Fsp3) is 0.562. The Kier molecular flexibility index (Phi) is 3.12. The van der Waals surface area contributed by atoms with Crippen LogP contribution in [-0.4, -0.2) is 55.1 Å². The number of amides is 2. The van der Waals surface area contributed by atoms with E-state index in [-0.39, 0.29) is 6.03 Å². The summed E-state index contributed by atoms with van der Waals surface area (Å²) in [6.45, 7) is 4.90. The molecule has 2 unspecified atom stereocenters. The van der Waals surface area contributed by atoms with Gasteiger partial charge in [-0.25, -0.2) is 4.79 Å². The highest BCUT2D eigenvalue weighted by Gasteiger charge is 2.44. The van der Waals surface area contributed by atoms with Crippen LogP contribution in [-0.2, 0) is 6.54 Å². The third-order valence-electron chi connectivity index (χ3n) is 5.09. The molecule has 3 heterocycles. The summed E-state index contributed by atoms with van der Waals surface area (Å²) >= 11 is 0. The molecule has 4 rings (SSSR count). The molecule has 0 spiro atoms. The van der Waals surface area contributed by atoms with E-state index in [9.17, 15) is 4.79 Å². The number of carbonyl (C=O) groups is 1. The molecule has 5 heteroatoms. The maximum Gasteiger partial charge on any atom is 0.322 e. The third kappa shape index (κ3) is 2.21. The lowest BCUT2D eigenvalue weighted by Crippen LogP contribution is -2.65. The smallest absolute Gasteiger partial charge is 0.316 e. The molecule has 0 saturated carbocycles. The Morgan fingerprint density at radius 3 is 2.62 bits per heavy atom. The Hall–Kier alpha value is -1.59. The molecule has 2 N–H and O–H groups in total. The minimum Gasteiger partial charge on any atom is -0.316 e. The van der Waals surface area contributed by atoms with Gasteiger partial charge in [0.2, 0.25) is 0 Å². The van der Waals surface area contributed by atoms with Crippen LogP contribution in [0.25, 0.3) is 0 Å². The van der Waals surface area contributed by atoms with Gasteiger partial charge in [0, 0.05) is 56.3 Å². The predicted octanol–water partition coefficient (Wildman–Crippen LogP) is 1.18. The molecule has 1 aromatic rings. The van der Waals surface area contributed by atoms with E-state index in [4.69, 9.17) is 0 Å². The summed E-state index contributed by atoms with van der Waals surface area (Å²) in [7, 11) is 2.19. The third-order valence-corrected chi connectivity index (χ3v) is 5.09. The van der Waals surface area contributed by atoms with E-state index in [0.29, 0.717) is 17.9 Å². The van der Waals surface area contributed by atoms with E-state index in [2.05, 4.69) is 33.5 Å². The first kappa shape index (κ1) is 13.1. The van der Waals surface area contributed by atoms with Crippen LogP contribution in [0.15, 0.2) is 24.3 Å². The fourth-order valence-electron chi connectivity index (χ4n) is 4.27. The number of urea groups is 1. The van der Waals surface area contributed by atoms with Crippen LogP contribution in [0, 0.1) is 11.8 Å². The quantitative estimate of drug-likeness (QED) is 0.815. The van der Waals surface area contributed by atoms with Crippen molar-refractivity contribution in [2.24, 2.45) is 11.8 Å². The van der Waals surface area contributed by atoms with Crippen molar-refractivity contribution in [1.82, 2.24) is 15.1 Å². The molecule has 5 nitrogen and oxygen atoms in total. The largest absolute Gasteiger partial charge is 0.322 e. The SMILES string of the molecule is CN1CC2CNCC(C1)C2N1Cc2ccccc2NC1=O. The number of piperidine rings is 2. The monoisotopic (exact) mass is 286 g/mol. The maximum absolute atomic E-state index is 12.5. The lowest BCUT2D eigenvalue weighted by molar-refractivity contribution is 0.0160. The standard InChI is InChI=1S/C16H22N4O/c1-19-8-12-6-17-7-13(9-19)15(12)20-10-11-4-2-3-5-14(11)18-16(20)21/h2-5,12-13,15,17H,6-10H2,1H3,(H,18,21). The number of benzene rings is 1. The number of carbonyl (C=O) groups excluding carboxylic acids is 1. The Bertz CT molecular complexity index is 547. The Labute approximate surface area is 125 Å². The van der Waals surface area contributed by atoms with Gasteiger partial charge in [0.1, 0.15) is 0 Å². The summed E-state index contributed by atoms with van der Waals surface area (Å²) in [6, 6.07) is 8.55. The van der Waals surface area contributed by atoms with Gasteiger partial charge in [0.25, 0.3) is 0 Å². The van der Waals surface area contributed by atoms with E-state index < -0.39 is 0 Å². The summed E-state index contributed by atoms with van der Waals surface area (Å²) in [6.07, 6.45) is 0. The Morgan fingerprint density at radius 2 is 1.86 bits per heavy atom. The van der Waals surface area contributed by atoms with Gasteiger partial charge in [-0.15, -0.1) is 0 Å². The second kappa shape index (κ2) is 5.00. The minimum absolute atomic E-state index is 0.0696. The van der Waals surface area contributed by atoms with Crippen LogP contribution in [0.3, 0.4) is 0 Å². The van der Waals surface area contributed by atoms with Crippen LogP contribution in [0.5, 0.6) is 0 Å². The second-order valence-corrected chi connectivity index (χ2v) is 6.61. The first-order valence-corrected chi connectivity index (χ1v) is 7.77. The topological polar surface area (TPSA) is 47.6 Å². The van der Waals surface area contributed by atoms with Crippen molar-refractivity contribution < 1.29 is 4.79 Å². The number of nitrogens with zero attached hydrogens (tertiary/aromatic N) is 2. The zero-order valence-electron chi connectivity index (χ0n) is 12.4. The van der Waals surface area contributed by atoms with Crippen LogP contribution in [0.1, 0.15) is 5.56 Å².